The van der Waals surface area contributed by atoms with Gasteiger partial charge in [-0.25, -0.2) is 0 Å². The number of nitrogens with zero attached hydrogens (tertiary/aromatic N) is 1. The van der Waals surface area contributed by atoms with Crippen molar-refractivity contribution in [1.29, 1.82) is 0 Å². The van der Waals surface area contributed by atoms with Crippen LogP contribution < -0.4 is 5.32 Å². The van der Waals surface area contributed by atoms with Crippen LogP contribution in [0, 0.1) is 0 Å². The summed E-state index contributed by atoms with van der Waals surface area (Å²) in [6.07, 6.45) is 5.39. The molecule has 1 N–H and O–H groups in total. The van der Waals surface area contributed by atoms with E-state index < -0.39 is 6.04 Å². The van der Waals surface area contributed by atoms with Gasteiger partial charge in [0.1, 0.15) is 6.04 Å². The lowest BCUT2D eigenvalue weighted by atomic mass is 9.95. The summed E-state index contributed by atoms with van der Waals surface area (Å²) in [6.45, 7) is 1.61. The molecule has 0 spiro atoms. The summed E-state index contributed by atoms with van der Waals surface area (Å²) in [5.74, 6) is -1.01. The minimum Gasteiger partial charge on any atom is -0.352 e. The van der Waals surface area contributed by atoms with Crippen LogP contribution >= 0.6 is 0 Å². The van der Waals surface area contributed by atoms with Gasteiger partial charge in [0, 0.05) is 6.04 Å². The van der Waals surface area contributed by atoms with Crippen molar-refractivity contribution in [2.75, 3.05) is 0 Å². The van der Waals surface area contributed by atoms with Crippen molar-refractivity contribution < 1.29 is 14.4 Å². The molecule has 3 rings (SSSR count). The van der Waals surface area contributed by atoms with Gasteiger partial charge in [-0.3, -0.25) is 19.3 Å². The molecule has 0 radical (unpaired) electrons. The molecule has 116 valence electrons. The van der Waals surface area contributed by atoms with E-state index in [-0.39, 0.29) is 23.8 Å². The molecule has 1 unspecified atom stereocenters. The third kappa shape index (κ3) is 2.51. The molecule has 1 atom stereocenters. The molecule has 1 aliphatic heterocycles. The Morgan fingerprint density at radius 1 is 1.09 bits per heavy atom. The van der Waals surface area contributed by atoms with Crippen molar-refractivity contribution in [3.05, 3.63) is 35.4 Å². The standard InChI is InChI=1S/C17H20N2O3/c1-11(15(20)18-12-7-3-2-4-8-12)19-16(21)13-9-5-6-10-14(13)17(19)22/h5-6,9-12H,2-4,7-8H2,1H3,(H,18,20). The number of imide groups is 1. The van der Waals surface area contributed by atoms with E-state index in [2.05, 4.69) is 5.32 Å². The third-order valence-electron chi connectivity index (χ3n) is 4.54. The number of hydrogen-bond acceptors (Lipinski definition) is 3. The molecular formula is C17H20N2O3. The Hall–Kier alpha value is -2.17. The zero-order chi connectivity index (χ0) is 15.7. The first-order chi connectivity index (χ1) is 10.6. The summed E-state index contributed by atoms with van der Waals surface area (Å²) in [6, 6.07) is 6.08. The summed E-state index contributed by atoms with van der Waals surface area (Å²) in [7, 11) is 0. The van der Waals surface area contributed by atoms with Crippen LogP contribution in [-0.2, 0) is 4.79 Å². The van der Waals surface area contributed by atoms with E-state index in [1.807, 2.05) is 0 Å². The first-order valence-corrected chi connectivity index (χ1v) is 7.87. The molecule has 3 amide bonds. The molecule has 22 heavy (non-hydrogen) atoms. The van der Waals surface area contributed by atoms with E-state index in [9.17, 15) is 14.4 Å². The van der Waals surface area contributed by atoms with Gasteiger partial charge in [0.2, 0.25) is 5.91 Å². The number of nitrogens with one attached hydrogen (secondary N) is 1. The number of hydrogen-bond donors (Lipinski definition) is 1. The van der Waals surface area contributed by atoms with Crippen molar-refractivity contribution in [3.8, 4) is 0 Å². The second kappa shape index (κ2) is 5.91. The van der Waals surface area contributed by atoms with Crippen molar-refractivity contribution in [3.63, 3.8) is 0 Å². The highest BCUT2D eigenvalue weighted by Crippen LogP contribution is 2.25. The van der Waals surface area contributed by atoms with Gasteiger partial charge in [0.15, 0.2) is 0 Å². The first-order valence-electron chi connectivity index (χ1n) is 7.87. The van der Waals surface area contributed by atoms with Crippen molar-refractivity contribution in [2.45, 2.75) is 51.1 Å². The fourth-order valence-corrected chi connectivity index (χ4v) is 3.25. The fraction of sp³-hybridized carbons (Fsp3) is 0.471. The van der Waals surface area contributed by atoms with Crippen LogP contribution in [0.25, 0.3) is 0 Å². The van der Waals surface area contributed by atoms with Gasteiger partial charge in [-0.2, -0.15) is 0 Å². The lowest BCUT2D eigenvalue weighted by molar-refractivity contribution is -0.125. The Balaban J connectivity index is 1.72. The van der Waals surface area contributed by atoms with Crippen molar-refractivity contribution >= 4 is 17.7 Å². The van der Waals surface area contributed by atoms with Crippen LogP contribution in [0.3, 0.4) is 0 Å². The van der Waals surface area contributed by atoms with Crippen LogP contribution in [0.15, 0.2) is 24.3 Å². The minimum atomic E-state index is -0.783. The summed E-state index contributed by atoms with van der Waals surface area (Å²) < 4.78 is 0. The van der Waals surface area contributed by atoms with Crippen LogP contribution in [0.2, 0.25) is 0 Å². The average Bonchev–Trinajstić information content (AvgIpc) is 2.79. The molecule has 0 saturated heterocycles. The highest BCUT2D eigenvalue weighted by molar-refractivity contribution is 6.22. The monoisotopic (exact) mass is 300 g/mol. The minimum absolute atomic E-state index is 0.166. The molecule has 1 heterocycles. The highest BCUT2D eigenvalue weighted by Gasteiger charge is 2.40. The zero-order valence-corrected chi connectivity index (χ0v) is 12.7. The van der Waals surface area contributed by atoms with Crippen LogP contribution in [-0.4, -0.2) is 34.7 Å². The number of carbonyl (C=O) groups is 3. The Kier molecular flexibility index (Phi) is 3.96. The largest absolute Gasteiger partial charge is 0.352 e. The Morgan fingerprint density at radius 2 is 1.64 bits per heavy atom. The van der Waals surface area contributed by atoms with Crippen LogP contribution in [0.1, 0.15) is 59.7 Å². The number of fused-ring (bicyclic) bond motifs is 1. The maximum absolute atomic E-state index is 12.4. The molecular weight excluding hydrogens is 280 g/mol. The molecule has 2 aliphatic rings. The number of rotatable bonds is 3. The van der Waals surface area contributed by atoms with Gasteiger partial charge in [-0.05, 0) is 31.9 Å². The summed E-state index contributed by atoms with van der Waals surface area (Å²) in [4.78, 5) is 38.2. The second-order valence-corrected chi connectivity index (χ2v) is 6.05. The van der Waals surface area contributed by atoms with E-state index in [1.54, 1.807) is 31.2 Å². The molecule has 1 aromatic carbocycles. The second-order valence-electron chi connectivity index (χ2n) is 6.05. The van der Waals surface area contributed by atoms with E-state index in [0.29, 0.717) is 11.1 Å². The molecule has 1 fully saturated rings. The highest BCUT2D eigenvalue weighted by atomic mass is 16.2. The lowest BCUT2D eigenvalue weighted by Gasteiger charge is -2.27. The Bertz CT molecular complexity index is 585. The first kappa shape index (κ1) is 14.8. The van der Waals surface area contributed by atoms with Gasteiger partial charge in [-0.1, -0.05) is 31.4 Å². The van der Waals surface area contributed by atoms with Gasteiger partial charge in [0.05, 0.1) is 11.1 Å². The quantitative estimate of drug-likeness (QED) is 0.870. The third-order valence-corrected chi connectivity index (χ3v) is 4.54. The SMILES string of the molecule is CC(C(=O)NC1CCCCC1)N1C(=O)c2ccccc2C1=O. The predicted molar refractivity (Wildman–Crippen MR) is 81.4 cm³/mol. The summed E-state index contributed by atoms with van der Waals surface area (Å²) in [5, 5.41) is 2.98. The van der Waals surface area contributed by atoms with E-state index in [0.717, 1.165) is 30.6 Å². The van der Waals surface area contributed by atoms with E-state index >= 15 is 0 Å². The van der Waals surface area contributed by atoms with Gasteiger partial charge >= 0.3 is 0 Å². The maximum Gasteiger partial charge on any atom is 0.262 e. The average molecular weight is 300 g/mol. The fourth-order valence-electron chi connectivity index (χ4n) is 3.25. The Labute approximate surface area is 129 Å². The van der Waals surface area contributed by atoms with E-state index in [1.165, 1.54) is 6.42 Å². The molecule has 1 aromatic rings. The lowest BCUT2D eigenvalue weighted by Crippen LogP contribution is -2.50. The smallest absolute Gasteiger partial charge is 0.262 e. The van der Waals surface area contributed by atoms with Crippen molar-refractivity contribution in [2.24, 2.45) is 0 Å². The molecule has 1 saturated carbocycles. The predicted octanol–water partition coefficient (Wildman–Crippen LogP) is 2.12. The number of benzene rings is 1. The number of carbonyl (C=O) groups excluding carboxylic acids is 3. The molecule has 1 aliphatic carbocycles. The topological polar surface area (TPSA) is 66.5 Å². The van der Waals surface area contributed by atoms with Crippen LogP contribution in [0.4, 0.5) is 0 Å². The zero-order valence-electron chi connectivity index (χ0n) is 12.7. The Morgan fingerprint density at radius 3 is 2.18 bits per heavy atom. The molecule has 0 aromatic heterocycles. The maximum atomic E-state index is 12.4. The van der Waals surface area contributed by atoms with Gasteiger partial charge in [0.25, 0.3) is 11.8 Å². The summed E-state index contributed by atoms with van der Waals surface area (Å²) >= 11 is 0. The normalized spacial score (nSPS) is 20.0. The van der Waals surface area contributed by atoms with Crippen molar-refractivity contribution in [1.82, 2.24) is 10.2 Å². The summed E-state index contributed by atoms with van der Waals surface area (Å²) in [5.41, 5.74) is 0.759. The molecule has 5 nitrogen and oxygen atoms in total. The van der Waals surface area contributed by atoms with Crippen LogP contribution in [0.5, 0.6) is 0 Å². The van der Waals surface area contributed by atoms with Gasteiger partial charge < -0.3 is 5.32 Å². The number of amides is 3. The molecule has 0 bridgehead atoms. The molecule has 5 heteroatoms. The van der Waals surface area contributed by atoms with E-state index in [4.69, 9.17) is 0 Å². The van der Waals surface area contributed by atoms with Gasteiger partial charge in [-0.15, -0.1) is 0 Å².